The van der Waals surface area contributed by atoms with E-state index in [1.54, 1.807) is 36.0 Å². The van der Waals surface area contributed by atoms with Crippen LogP contribution in [0.5, 0.6) is 0 Å². The zero-order valence-corrected chi connectivity index (χ0v) is 19.0. The Morgan fingerprint density at radius 3 is 2.53 bits per heavy atom. The Morgan fingerprint density at radius 2 is 1.87 bits per heavy atom. The van der Waals surface area contributed by atoms with Crippen molar-refractivity contribution >= 4 is 29.9 Å². The minimum absolute atomic E-state index is 0. The average molecular weight is 529 g/mol. The van der Waals surface area contributed by atoms with E-state index in [0.29, 0.717) is 29.6 Å². The van der Waals surface area contributed by atoms with E-state index in [0.717, 1.165) is 18.2 Å². The van der Waals surface area contributed by atoms with Gasteiger partial charge < -0.3 is 15.2 Å². The molecule has 0 aliphatic heterocycles. The van der Waals surface area contributed by atoms with Crippen LogP contribution in [0.2, 0.25) is 0 Å². The summed E-state index contributed by atoms with van der Waals surface area (Å²) in [7, 11) is 0. The maximum Gasteiger partial charge on any atom is 0.191 e. The largest absolute Gasteiger partial charge is 0.357 e. The first-order valence-corrected chi connectivity index (χ1v) is 9.22. The third-order valence-electron chi connectivity index (χ3n) is 4.32. The molecule has 0 spiro atoms. The van der Waals surface area contributed by atoms with E-state index >= 15 is 0 Å². The van der Waals surface area contributed by atoms with Crippen molar-refractivity contribution in [3.8, 4) is 5.69 Å². The Morgan fingerprint density at radius 1 is 1.07 bits per heavy atom. The molecule has 0 aliphatic carbocycles. The van der Waals surface area contributed by atoms with Crippen molar-refractivity contribution in [3.05, 3.63) is 83.2 Å². The van der Waals surface area contributed by atoms with E-state index in [2.05, 4.69) is 20.6 Å². The minimum Gasteiger partial charge on any atom is -0.357 e. The monoisotopic (exact) mass is 529 g/mol. The predicted octanol–water partition coefficient (Wildman–Crippen LogP) is 4.47. The molecule has 2 aromatic carbocycles. The molecule has 0 saturated carbocycles. The molecule has 3 rings (SSSR count). The second-order valence-electron chi connectivity index (χ2n) is 6.41. The van der Waals surface area contributed by atoms with Gasteiger partial charge in [-0.1, -0.05) is 6.07 Å². The second kappa shape index (κ2) is 11.0. The molecular weight excluding hydrogens is 506 g/mol. The third kappa shape index (κ3) is 5.97. The number of halogens is 4. The van der Waals surface area contributed by atoms with Crippen molar-refractivity contribution in [2.75, 3.05) is 6.54 Å². The fourth-order valence-electron chi connectivity index (χ4n) is 2.85. The highest BCUT2D eigenvalue weighted by Gasteiger charge is 2.09. The number of guanidine groups is 1. The van der Waals surface area contributed by atoms with Gasteiger partial charge in [0, 0.05) is 31.0 Å². The molecule has 9 heteroatoms. The Bertz CT molecular complexity index is 1020. The quantitative estimate of drug-likeness (QED) is 0.282. The summed E-state index contributed by atoms with van der Waals surface area (Å²) in [6.45, 7) is 4.57. The summed E-state index contributed by atoms with van der Waals surface area (Å²) in [5, 5.41) is 5.99. The van der Waals surface area contributed by atoms with Gasteiger partial charge in [-0.05, 0) is 49.7 Å². The zero-order chi connectivity index (χ0) is 20.8. The topological polar surface area (TPSA) is 54.2 Å². The summed E-state index contributed by atoms with van der Waals surface area (Å²) in [5.74, 6) is -0.265. The van der Waals surface area contributed by atoms with Crippen LogP contribution in [0.4, 0.5) is 13.2 Å². The van der Waals surface area contributed by atoms with Gasteiger partial charge in [0.1, 0.15) is 23.3 Å². The predicted molar refractivity (Wildman–Crippen MR) is 122 cm³/mol. The molecule has 0 unspecified atom stereocenters. The summed E-state index contributed by atoms with van der Waals surface area (Å²) in [6, 6.07) is 8.19. The number of aryl methyl sites for hydroxylation is 1. The number of hydrogen-bond donors (Lipinski definition) is 2. The lowest BCUT2D eigenvalue weighted by atomic mass is 10.2. The molecule has 2 N–H and O–H groups in total. The Hall–Kier alpha value is -2.56. The first-order valence-electron chi connectivity index (χ1n) is 9.22. The van der Waals surface area contributed by atoms with E-state index < -0.39 is 11.6 Å². The van der Waals surface area contributed by atoms with Crippen molar-refractivity contribution in [2.24, 2.45) is 4.99 Å². The lowest BCUT2D eigenvalue weighted by molar-refractivity contribution is 0.581. The fraction of sp³-hybridized carbons (Fsp3) is 0.238. The summed E-state index contributed by atoms with van der Waals surface area (Å²) in [5.41, 5.74) is 1.29. The molecule has 0 radical (unpaired) electrons. The number of nitrogens with zero attached hydrogens (tertiary/aromatic N) is 3. The first-order chi connectivity index (χ1) is 14.0. The van der Waals surface area contributed by atoms with Gasteiger partial charge in [-0.25, -0.2) is 23.1 Å². The summed E-state index contributed by atoms with van der Waals surface area (Å²) in [6.07, 6.45) is 3.31. The first kappa shape index (κ1) is 23.7. The molecule has 1 aromatic heterocycles. The number of aromatic nitrogens is 2. The van der Waals surface area contributed by atoms with Crippen LogP contribution in [0, 0.1) is 24.4 Å². The highest BCUT2D eigenvalue weighted by Crippen LogP contribution is 2.17. The molecular formula is C21H23F3IN5. The van der Waals surface area contributed by atoms with E-state index in [1.807, 2.05) is 6.92 Å². The van der Waals surface area contributed by atoms with Gasteiger partial charge in [0.25, 0.3) is 0 Å². The number of aliphatic imine (C=N–C) groups is 1. The summed E-state index contributed by atoms with van der Waals surface area (Å²) in [4.78, 5) is 8.50. The third-order valence-corrected chi connectivity index (χ3v) is 4.32. The number of nitrogens with one attached hydrogen (secondary N) is 2. The Labute approximate surface area is 190 Å². The van der Waals surface area contributed by atoms with Gasteiger partial charge in [-0.2, -0.15) is 0 Å². The SMILES string of the molecule is CCNC(=NCc1ccc(-n2ccnc2C)c(F)c1)NCc1cc(F)ccc1F.I. The van der Waals surface area contributed by atoms with Crippen molar-refractivity contribution < 1.29 is 13.2 Å². The highest BCUT2D eigenvalue weighted by molar-refractivity contribution is 14.0. The van der Waals surface area contributed by atoms with Crippen molar-refractivity contribution in [2.45, 2.75) is 26.9 Å². The van der Waals surface area contributed by atoms with Crippen LogP contribution in [0.3, 0.4) is 0 Å². The number of imidazole rings is 1. The maximum absolute atomic E-state index is 14.5. The average Bonchev–Trinajstić information content (AvgIpc) is 3.12. The van der Waals surface area contributed by atoms with Gasteiger partial charge in [-0.3, -0.25) is 0 Å². The normalized spacial score (nSPS) is 11.2. The molecule has 1 heterocycles. The van der Waals surface area contributed by atoms with Crippen LogP contribution in [0.25, 0.3) is 5.69 Å². The van der Waals surface area contributed by atoms with Gasteiger partial charge in [0.05, 0.1) is 12.2 Å². The number of hydrogen-bond acceptors (Lipinski definition) is 2. The van der Waals surface area contributed by atoms with Crippen molar-refractivity contribution in [3.63, 3.8) is 0 Å². The number of rotatable bonds is 6. The van der Waals surface area contributed by atoms with Crippen LogP contribution in [-0.2, 0) is 13.1 Å². The molecule has 3 aromatic rings. The van der Waals surface area contributed by atoms with Crippen LogP contribution >= 0.6 is 24.0 Å². The molecule has 0 bridgehead atoms. The lowest BCUT2D eigenvalue weighted by Gasteiger charge is -2.12. The number of benzene rings is 2. The van der Waals surface area contributed by atoms with E-state index in [4.69, 9.17) is 0 Å². The second-order valence-corrected chi connectivity index (χ2v) is 6.41. The lowest BCUT2D eigenvalue weighted by Crippen LogP contribution is -2.37. The molecule has 30 heavy (non-hydrogen) atoms. The molecule has 0 saturated heterocycles. The van der Waals surface area contributed by atoms with Gasteiger partial charge in [0.15, 0.2) is 5.96 Å². The zero-order valence-electron chi connectivity index (χ0n) is 16.6. The summed E-state index contributed by atoms with van der Waals surface area (Å²) < 4.78 is 43.3. The fourth-order valence-corrected chi connectivity index (χ4v) is 2.85. The minimum atomic E-state index is -0.506. The van der Waals surface area contributed by atoms with Crippen LogP contribution < -0.4 is 10.6 Å². The maximum atomic E-state index is 14.5. The van der Waals surface area contributed by atoms with Gasteiger partial charge >= 0.3 is 0 Å². The Balaban J connectivity index is 0.00000320. The molecule has 0 atom stereocenters. The Kier molecular flexibility index (Phi) is 8.70. The molecule has 5 nitrogen and oxygen atoms in total. The standard InChI is InChI=1S/C21H22F3N5.HI/c1-3-25-21(28-13-16-11-17(22)5-6-18(16)23)27-12-15-4-7-20(19(24)10-15)29-9-8-26-14(29)2;/h4-11H,3,12-13H2,1-2H3,(H2,25,27,28);1H. The highest BCUT2D eigenvalue weighted by atomic mass is 127. The van der Waals surface area contributed by atoms with E-state index in [9.17, 15) is 13.2 Å². The van der Waals surface area contributed by atoms with Gasteiger partial charge in [0.2, 0.25) is 0 Å². The van der Waals surface area contributed by atoms with Crippen LogP contribution in [0.15, 0.2) is 53.8 Å². The molecule has 160 valence electrons. The van der Waals surface area contributed by atoms with Gasteiger partial charge in [-0.15, -0.1) is 24.0 Å². The summed E-state index contributed by atoms with van der Waals surface area (Å²) >= 11 is 0. The van der Waals surface area contributed by atoms with Crippen molar-refractivity contribution in [1.29, 1.82) is 0 Å². The van der Waals surface area contributed by atoms with E-state index in [-0.39, 0.29) is 48.4 Å². The van der Waals surface area contributed by atoms with Crippen LogP contribution in [0.1, 0.15) is 23.9 Å². The smallest absolute Gasteiger partial charge is 0.191 e. The molecule has 0 aliphatic rings. The van der Waals surface area contributed by atoms with E-state index in [1.165, 1.54) is 6.07 Å². The molecule has 0 amide bonds. The molecule has 0 fully saturated rings. The van der Waals surface area contributed by atoms with Crippen molar-refractivity contribution in [1.82, 2.24) is 20.2 Å². The van der Waals surface area contributed by atoms with Crippen LogP contribution in [-0.4, -0.2) is 22.1 Å².